The summed E-state index contributed by atoms with van der Waals surface area (Å²) in [6.45, 7) is 6.49. The van der Waals surface area contributed by atoms with Crippen molar-refractivity contribution in [3.05, 3.63) is 11.6 Å². The predicted molar refractivity (Wildman–Crippen MR) is 91.9 cm³/mol. The van der Waals surface area contributed by atoms with Gasteiger partial charge < -0.3 is 5.11 Å². The molecule has 0 aromatic heterocycles. The van der Waals surface area contributed by atoms with Gasteiger partial charge in [0.1, 0.15) is 0 Å². The Hall–Kier alpha value is -0.630. The Kier molecular flexibility index (Phi) is 3.58. The highest BCUT2D eigenvalue weighted by Crippen LogP contribution is 2.64. The number of hydrogen-bond donors (Lipinski definition) is 1. The van der Waals surface area contributed by atoms with Crippen molar-refractivity contribution < 1.29 is 9.90 Å². The number of allylic oxidation sites excluding steroid dienone is 2. The molecule has 0 saturated heterocycles. The van der Waals surface area contributed by atoms with Gasteiger partial charge in [0.15, 0.2) is 5.78 Å². The van der Waals surface area contributed by atoms with Crippen LogP contribution in [0.15, 0.2) is 11.6 Å². The lowest BCUT2D eigenvalue weighted by atomic mass is 9.48. The Bertz CT molecular complexity index is 548. The maximum atomic E-state index is 13.2. The minimum Gasteiger partial charge on any atom is -0.393 e. The second-order valence-corrected chi connectivity index (χ2v) is 9.32. The van der Waals surface area contributed by atoms with E-state index in [1.54, 1.807) is 0 Å². The highest BCUT2D eigenvalue weighted by atomic mass is 16.3. The van der Waals surface area contributed by atoms with Gasteiger partial charge in [-0.2, -0.15) is 0 Å². The summed E-state index contributed by atoms with van der Waals surface area (Å²) in [6.07, 6.45) is 11.8. The van der Waals surface area contributed by atoms with Crippen LogP contribution in [0.25, 0.3) is 0 Å². The number of fused-ring (bicyclic) bond motifs is 5. The Morgan fingerprint density at radius 1 is 1.13 bits per heavy atom. The zero-order valence-corrected chi connectivity index (χ0v) is 15.0. The van der Waals surface area contributed by atoms with Crippen LogP contribution < -0.4 is 0 Å². The van der Waals surface area contributed by atoms with Crippen LogP contribution in [0, 0.1) is 34.5 Å². The SMILES string of the molecule is CC(O)[C@H]1CC[C@H]2[C@@H]3CC[C@H]4CCCC[C@]4(C)C3=CC(=O)[C@]12C. The van der Waals surface area contributed by atoms with Crippen molar-refractivity contribution in [2.75, 3.05) is 0 Å². The summed E-state index contributed by atoms with van der Waals surface area (Å²) >= 11 is 0. The van der Waals surface area contributed by atoms with Crippen LogP contribution >= 0.6 is 0 Å². The van der Waals surface area contributed by atoms with Crippen molar-refractivity contribution in [3.63, 3.8) is 0 Å². The average molecular weight is 316 g/mol. The zero-order valence-electron chi connectivity index (χ0n) is 15.0. The Morgan fingerprint density at radius 2 is 1.91 bits per heavy atom. The van der Waals surface area contributed by atoms with E-state index in [0.29, 0.717) is 17.6 Å². The summed E-state index contributed by atoms with van der Waals surface area (Å²) in [5, 5.41) is 10.2. The first-order valence-corrected chi connectivity index (χ1v) is 9.83. The Balaban J connectivity index is 1.76. The van der Waals surface area contributed by atoms with Crippen molar-refractivity contribution in [1.29, 1.82) is 0 Å². The Labute approximate surface area is 140 Å². The van der Waals surface area contributed by atoms with Gasteiger partial charge in [0.2, 0.25) is 0 Å². The van der Waals surface area contributed by atoms with Gasteiger partial charge in [0.25, 0.3) is 0 Å². The van der Waals surface area contributed by atoms with Gasteiger partial charge in [-0.25, -0.2) is 0 Å². The quantitative estimate of drug-likeness (QED) is 0.772. The first kappa shape index (κ1) is 15.9. The van der Waals surface area contributed by atoms with Crippen LogP contribution in [0.5, 0.6) is 0 Å². The Morgan fingerprint density at radius 3 is 2.65 bits per heavy atom. The average Bonchev–Trinajstić information content (AvgIpc) is 2.87. The lowest BCUT2D eigenvalue weighted by Gasteiger charge is -2.55. The second-order valence-electron chi connectivity index (χ2n) is 9.32. The fourth-order valence-electron chi connectivity index (χ4n) is 7.16. The number of rotatable bonds is 1. The highest BCUT2D eigenvalue weighted by Gasteiger charge is 2.60. The molecule has 1 unspecified atom stereocenters. The molecule has 0 aliphatic heterocycles. The molecule has 0 amide bonds. The normalized spacial score (nSPS) is 50.6. The number of aliphatic hydroxyl groups excluding tert-OH is 1. The maximum Gasteiger partial charge on any atom is 0.162 e. The molecule has 0 radical (unpaired) electrons. The summed E-state index contributed by atoms with van der Waals surface area (Å²) in [5.41, 5.74) is 1.47. The van der Waals surface area contributed by atoms with E-state index in [1.165, 1.54) is 44.1 Å². The summed E-state index contributed by atoms with van der Waals surface area (Å²) in [6, 6.07) is 0. The third kappa shape index (κ3) is 2.00. The van der Waals surface area contributed by atoms with Crippen LogP contribution in [0.1, 0.15) is 72.1 Å². The molecule has 4 aliphatic rings. The maximum absolute atomic E-state index is 13.2. The molecule has 2 nitrogen and oxygen atoms in total. The number of carbonyl (C=O) groups is 1. The molecule has 23 heavy (non-hydrogen) atoms. The van der Waals surface area contributed by atoms with Crippen LogP contribution in [0.3, 0.4) is 0 Å². The van der Waals surface area contributed by atoms with Gasteiger partial charge in [-0.15, -0.1) is 0 Å². The largest absolute Gasteiger partial charge is 0.393 e. The van der Waals surface area contributed by atoms with E-state index in [-0.39, 0.29) is 22.9 Å². The number of aliphatic hydroxyl groups is 1. The number of carbonyl (C=O) groups excluding carboxylic acids is 1. The summed E-state index contributed by atoms with van der Waals surface area (Å²) < 4.78 is 0. The lowest BCUT2D eigenvalue weighted by molar-refractivity contribution is -0.133. The fraction of sp³-hybridized carbons (Fsp3) is 0.857. The molecule has 3 saturated carbocycles. The van der Waals surface area contributed by atoms with Crippen LogP contribution in [0.4, 0.5) is 0 Å². The van der Waals surface area contributed by atoms with E-state index in [0.717, 1.165) is 18.8 Å². The summed E-state index contributed by atoms with van der Waals surface area (Å²) in [4.78, 5) is 13.2. The van der Waals surface area contributed by atoms with Gasteiger partial charge in [-0.1, -0.05) is 32.3 Å². The van der Waals surface area contributed by atoms with Crippen LogP contribution in [0.2, 0.25) is 0 Å². The van der Waals surface area contributed by atoms with Crippen molar-refractivity contribution >= 4 is 5.78 Å². The molecule has 128 valence electrons. The monoisotopic (exact) mass is 316 g/mol. The molecular formula is C21H32O2. The first-order valence-electron chi connectivity index (χ1n) is 9.83. The molecule has 0 aromatic rings. The number of hydrogen-bond acceptors (Lipinski definition) is 2. The van der Waals surface area contributed by atoms with E-state index in [2.05, 4.69) is 19.9 Å². The fourth-order valence-corrected chi connectivity index (χ4v) is 7.16. The van der Waals surface area contributed by atoms with Gasteiger partial charge in [-0.3, -0.25) is 4.79 Å². The molecule has 4 rings (SSSR count). The molecule has 7 atom stereocenters. The van der Waals surface area contributed by atoms with E-state index in [9.17, 15) is 9.90 Å². The zero-order chi connectivity index (χ0) is 16.4. The third-order valence-corrected chi connectivity index (χ3v) is 8.50. The second kappa shape index (κ2) is 5.18. The van der Waals surface area contributed by atoms with E-state index >= 15 is 0 Å². The van der Waals surface area contributed by atoms with Gasteiger partial charge in [0, 0.05) is 5.41 Å². The molecular weight excluding hydrogens is 284 g/mol. The minimum atomic E-state index is -0.370. The standard InChI is InChI=1S/C21H32O2/c1-13(22)16-9-10-17-15-8-7-14-6-4-5-11-20(14,2)18(15)12-19(23)21(16,17)3/h12-17,22H,4-11H2,1-3H3/t13?,14-,15+,16-,17+,20+,21-/m1/s1. The molecule has 0 bridgehead atoms. The molecule has 1 N–H and O–H groups in total. The van der Waals surface area contributed by atoms with E-state index < -0.39 is 0 Å². The molecule has 0 spiro atoms. The topological polar surface area (TPSA) is 37.3 Å². The third-order valence-electron chi connectivity index (χ3n) is 8.50. The first-order chi connectivity index (χ1) is 10.9. The molecule has 0 heterocycles. The van der Waals surface area contributed by atoms with Gasteiger partial charge in [-0.05, 0) is 80.6 Å². The highest BCUT2D eigenvalue weighted by molar-refractivity contribution is 5.97. The molecule has 0 aromatic carbocycles. The van der Waals surface area contributed by atoms with Crippen molar-refractivity contribution in [1.82, 2.24) is 0 Å². The van der Waals surface area contributed by atoms with Crippen molar-refractivity contribution in [3.8, 4) is 0 Å². The predicted octanol–water partition coefficient (Wildman–Crippen LogP) is 4.52. The van der Waals surface area contributed by atoms with Crippen LogP contribution in [-0.2, 0) is 4.79 Å². The van der Waals surface area contributed by atoms with Gasteiger partial charge in [0.05, 0.1) is 6.10 Å². The summed E-state index contributed by atoms with van der Waals surface area (Å²) in [5.74, 6) is 2.33. The summed E-state index contributed by atoms with van der Waals surface area (Å²) in [7, 11) is 0. The van der Waals surface area contributed by atoms with E-state index in [4.69, 9.17) is 0 Å². The van der Waals surface area contributed by atoms with Crippen LogP contribution in [-0.4, -0.2) is 17.0 Å². The lowest BCUT2D eigenvalue weighted by Crippen LogP contribution is -2.51. The van der Waals surface area contributed by atoms with E-state index in [1.807, 2.05) is 6.92 Å². The minimum absolute atomic E-state index is 0.148. The smallest absolute Gasteiger partial charge is 0.162 e. The molecule has 4 aliphatic carbocycles. The van der Waals surface area contributed by atoms with Gasteiger partial charge >= 0.3 is 0 Å². The van der Waals surface area contributed by atoms with Crippen molar-refractivity contribution in [2.45, 2.75) is 78.2 Å². The molecule has 2 heteroatoms. The van der Waals surface area contributed by atoms with Crippen molar-refractivity contribution in [2.24, 2.45) is 34.5 Å². The molecule has 3 fully saturated rings. The number of ketones is 1.